The number of aromatic nitrogens is 4. The number of benzene rings is 1. The molecule has 32 heavy (non-hydrogen) atoms. The molecular formula is C23H27FN6O2. The average Bonchev–Trinajstić information content (AvgIpc) is 3.22. The van der Waals surface area contributed by atoms with Gasteiger partial charge in [-0.25, -0.2) is 14.4 Å². The fourth-order valence-electron chi connectivity index (χ4n) is 4.02. The summed E-state index contributed by atoms with van der Waals surface area (Å²) in [7, 11) is 3.76. The Morgan fingerprint density at radius 2 is 2.00 bits per heavy atom. The molecule has 0 radical (unpaired) electrons. The number of halogens is 1. The molecule has 0 bridgehead atoms. The maximum absolute atomic E-state index is 13.5. The number of carbonyl (C=O) groups is 1. The van der Waals surface area contributed by atoms with Crippen molar-refractivity contribution in [1.29, 1.82) is 0 Å². The van der Waals surface area contributed by atoms with E-state index in [4.69, 9.17) is 9.51 Å². The normalized spacial score (nSPS) is 16.2. The number of amides is 1. The minimum absolute atomic E-state index is 0.0284. The predicted octanol–water partition coefficient (Wildman–Crippen LogP) is 3.73. The molecule has 1 fully saturated rings. The number of rotatable bonds is 6. The highest BCUT2D eigenvalue weighted by molar-refractivity contribution is 5.77. The molecule has 0 N–H and O–H groups in total. The van der Waals surface area contributed by atoms with Gasteiger partial charge in [-0.2, -0.15) is 4.98 Å². The van der Waals surface area contributed by atoms with E-state index in [1.54, 1.807) is 25.3 Å². The van der Waals surface area contributed by atoms with Gasteiger partial charge >= 0.3 is 0 Å². The first-order chi connectivity index (χ1) is 15.4. The zero-order valence-electron chi connectivity index (χ0n) is 18.6. The van der Waals surface area contributed by atoms with Crippen molar-refractivity contribution in [1.82, 2.24) is 25.0 Å². The highest BCUT2D eigenvalue weighted by Gasteiger charge is 2.31. The summed E-state index contributed by atoms with van der Waals surface area (Å²) in [6, 6.07) is 6.12. The highest BCUT2D eigenvalue weighted by Crippen LogP contribution is 2.36. The van der Waals surface area contributed by atoms with Crippen LogP contribution >= 0.6 is 0 Å². The van der Waals surface area contributed by atoms with Crippen molar-refractivity contribution in [2.24, 2.45) is 0 Å². The highest BCUT2D eigenvalue weighted by atomic mass is 19.1. The molecule has 1 aliphatic heterocycles. The van der Waals surface area contributed by atoms with Crippen LogP contribution in [0, 0.1) is 12.7 Å². The molecule has 1 aromatic carbocycles. The zero-order chi connectivity index (χ0) is 22.7. The Bertz CT molecular complexity index is 1080. The molecule has 1 aliphatic rings. The second-order valence-corrected chi connectivity index (χ2v) is 8.20. The van der Waals surface area contributed by atoms with E-state index in [0.717, 1.165) is 36.1 Å². The van der Waals surface area contributed by atoms with Gasteiger partial charge in [-0.3, -0.25) is 4.79 Å². The third kappa shape index (κ3) is 4.76. The van der Waals surface area contributed by atoms with Crippen LogP contribution in [0.1, 0.15) is 49.1 Å². The summed E-state index contributed by atoms with van der Waals surface area (Å²) in [5, 5.41) is 3.79. The predicted molar refractivity (Wildman–Crippen MR) is 117 cm³/mol. The summed E-state index contributed by atoms with van der Waals surface area (Å²) in [6.45, 7) is 2.42. The zero-order valence-corrected chi connectivity index (χ0v) is 18.6. The van der Waals surface area contributed by atoms with Crippen molar-refractivity contribution in [3.05, 3.63) is 53.7 Å². The first-order valence-corrected chi connectivity index (χ1v) is 10.8. The Morgan fingerprint density at radius 3 is 2.69 bits per heavy atom. The van der Waals surface area contributed by atoms with Crippen molar-refractivity contribution in [2.75, 3.05) is 25.5 Å². The van der Waals surface area contributed by atoms with Crippen LogP contribution < -0.4 is 4.90 Å². The van der Waals surface area contributed by atoms with Crippen molar-refractivity contribution in [3.63, 3.8) is 0 Å². The summed E-state index contributed by atoms with van der Waals surface area (Å²) in [5.74, 6) is 1.33. The molecular weight excluding hydrogens is 411 g/mol. The summed E-state index contributed by atoms with van der Waals surface area (Å²) < 4.78 is 18.7. The quantitative estimate of drug-likeness (QED) is 0.579. The molecule has 0 unspecified atom stereocenters. The smallest absolute Gasteiger partial charge is 0.227 e. The molecule has 2 aromatic heterocycles. The van der Waals surface area contributed by atoms with Crippen molar-refractivity contribution in [2.45, 2.75) is 45.1 Å². The van der Waals surface area contributed by atoms with Crippen molar-refractivity contribution < 1.29 is 13.7 Å². The van der Waals surface area contributed by atoms with Crippen LogP contribution in [0.15, 0.2) is 35.0 Å². The first-order valence-electron chi connectivity index (χ1n) is 10.8. The van der Waals surface area contributed by atoms with Crippen LogP contribution in [-0.4, -0.2) is 51.6 Å². The lowest BCUT2D eigenvalue weighted by atomic mass is 9.93. The Hall–Kier alpha value is -3.36. The lowest BCUT2D eigenvalue weighted by molar-refractivity contribution is -0.135. The third-order valence-electron chi connectivity index (χ3n) is 5.62. The molecule has 168 valence electrons. The summed E-state index contributed by atoms with van der Waals surface area (Å²) in [5.41, 5.74) is 2.43. The van der Waals surface area contributed by atoms with Gasteiger partial charge in [0.1, 0.15) is 5.82 Å². The molecule has 1 atom stereocenters. The van der Waals surface area contributed by atoms with Crippen LogP contribution in [0.5, 0.6) is 0 Å². The number of carbonyl (C=O) groups excluding carboxylic acids is 1. The van der Waals surface area contributed by atoms with E-state index >= 15 is 0 Å². The van der Waals surface area contributed by atoms with Crippen molar-refractivity contribution in [3.8, 4) is 11.1 Å². The van der Waals surface area contributed by atoms with Gasteiger partial charge in [-0.15, -0.1) is 0 Å². The lowest BCUT2D eigenvalue weighted by Gasteiger charge is -2.36. The fourth-order valence-corrected chi connectivity index (χ4v) is 4.02. The first kappa shape index (κ1) is 21.9. The average molecular weight is 439 g/mol. The molecule has 1 amide bonds. The van der Waals surface area contributed by atoms with Gasteiger partial charge in [0.2, 0.25) is 17.7 Å². The maximum atomic E-state index is 13.5. The Morgan fingerprint density at radius 1 is 1.22 bits per heavy atom. The van der Waals surface area contributed by atoms with Crippen LogP contribution in [-0.2, 0) is 11.2 Å². The maximum Gasteiger partial charge on any atom is 0.227 e. The van der Waals surface area contributed by atoms with Crippen LogP contribution in [0.3, 0.4) is 0 Å². The number of nitrogens with zero attached hydrogens (tertiary/aromatic N) is 6. The van der Waals surface area contributed by atoms with Gasteiger partial charge in [0, 0.05) is 45.2 Å². The Kier molecular flexibility index (Phi) is 6.43. The molecule has 4 rings (SSSR count). The fraction of sp³-hybridized carbons (Fsp3) is 0.435. The summed E-state index contributed by atoms with van der Waals surface area (Å²) >= 11 is 0. The van der Waals surface area contributed by atoms with E-state index in [0.29, 0.717) is 30.6 Å². The number of piperidine rings is 1. The van der Waals surface area contributed by atoms with Gasteiger partial charge in [-0.1, -0.05) is 17.3 Å². The monoisotopic (exact) mass is 438 g/mol. The second kappa shape index (κ2) is 9.42. The summed E-state index contributed by atoms with van der Waals surface area (Å²) in [6.07, 6.45) is 5.21. The minimum atomic E-state index is -0.299. The summed E-state index contributed by atoms with van der Waals surface area (Å²) in [4.78, 5) is 30.4. The number of aryl methyl sites for hydroxylation is 2. The van der Waals surface area contributed by atoms with Gasteiger partial charge in [0.15, 0.2) is 5.82 Å². The number of hydrogen-bond donors (Lipinski definition) is 0. The number of anilines is 1. The molecule has 1 saturated heterocycles. The largest absolute Gasteiger partial charge is 0.347 e. The van der Waals surface area contributed by atoms with E-state index < -0.39 is 0 Å². The topological polar surface area (TPSA) is 88.3 Å². The van der Waals surface area contributed by atoms with E-state index in [1.807, 2.05) is 23.9 Å². The lowest BCUT2D eigenvalue weighted by Crippen LogP contribution is -2.39. The molecule has 3 heterocycles. The molecule has 9 heteroatoms. The molecule has 3 aromatic rings. The molecule has 0 spiro atoms. The van der Waals surface area contributed by atoms with E-state index in [-0.39, 0.29) is 24.2 Å². The van der Waals surface area contributed by atoms with E-state index in [9.17, 15) is 9.18 Å². The van der Waals surface area contributed by atoms with Gasteiger partial charge in [0.25, 0.3) is 0 Å². The van der Waals surface area contributed by atoms with Gasteiger partial charge in [0.05, 0.1) is 11.7 Å². The Balaban J connectivity index is 1.65. The number of hydrogen-bond acceptors (Lipinski definition) is 7. The van der Waals surface area contributed by atoms with Crippen LogP contribution in [0.4, 0.5) is 10.3 Å². The van der Waals surface area contributed by atoms with Crippen LogP contribution in [0.25, 0.3) is 11.1 Å². The molecule has 0 saturated carbocycles. The van der Waals surface area contributed by atoms with Gasteiger partial charge in [-0.05, 0) is 43.9 Å². The molecule has 0 aliphatic carbocycles. The second-order valence-electron chi connectivity index (χ2n) is 8.20. The van der Waals surface area contributed by atoms with Crippen molar-refractivity contribution >= 4 is 11.9 Å². The standard InChI is InChI=1S/C23H27FN6O2/c1-15-26-20(32-28-15)11-12-21(31)30-13-5-4-6-19(30)22-18(14-25-23(27-22)29(2)3)16-7-9-17(24)10-8-16/h7-10,14,19H,4-6,11-13H2,1-3H3/t19-/m1/s1. The Labute approximate surface area is 186 Å². The minimum Gasteiger partial charge on any atom is -0.347 e. The molecule has 8 nitrogen and oxygen atoms in total. The SMILES string of the molecule is Cc1noc(CCC(=O)N2CCCC[C@@H]2c2nc(N(C)C)ncc2-c2ccc(F)cc2)n1. The number of likely N-dealkylation sites (tertiary alicyclic amines) is 1. The van der Waals surface area contributed by atoms with Gasteiger partial charge < -0.3 is 14.3 Å². The third-order valence-corrected chi connectivity index (χ3v) is 5.62. The van der Waals surface area contributed by atoms with E-state index in [1.165, 1.54) is 12.1 Å². The van der Waals surface area contributed by atoms with E-state index in [2.05, 4.69) is 15.1 Å². The van der Waals surface area contributed by atoms with Crippen LogP contribution in [0.2, 0.25) is 0 Å².